The largest absolute Gasteiger partial charge is 0.299 e. The first-order valence-electron chi connectivity index (χ1n) is 9.73. The number of hydrogen-bond acceptors (Lipinski definition) is 2. The Hall–Kier alpha value is -1.44. The molecule has 1 fully saturated rings. The van der Waals surface area contributed by atoms with Crippen LogP contribution >= 0.6 is 0 Å². The van der Waals surface area contributed by atoms with Crippen molar-refractivity contribution in [3.05, 3.63) is 35.9 Å². The minimum absolute atomic E-state index is 0.0479. The van der Waals surface area contributed by atoms with E-state index in [1.165, 1.54) is 25.7 Å². The number of carbonyl (C=O) groups excluding carboxylic acids is 2. The highest BCUT2D eigenvalue weighted by atomic mass is 16.1. The highest BCUT2D eigenvalue weighted by Gasteiger charge is 2.42. The van der Waals surface area contributed by atoms with Crippen LogP contribution in [0.15, 0.2) is 30.3 Å². The normalized spacial score (nSPS) is 16.6. The SMILES string of the molecule is CCCCCCCCC(=O)C(C(C)=O)C(c1ccccc1)C1CC1. The van der Waals surface area contributed by atoms with Gasteiger partial charge in [-0.3, -0.25) is 9.59 Å². The van der Waals surface area contributed by atoms with Gasteiger partial charge in [-0.2, -0.15) is 0 Å². The zero-order valence-electron chi connectivity index (χ0n) is 15.3. The quantitative estimate of drug-likeness (QED) is 0.364. The van der Waals surface area contributed by atoms with Gasteiger partial charge in [0.1, 0.15) is 11.6 Å². The van der Waals surface area contributed by atoms with E-state index < -0.39 is 5.92 Å². The van der Waals surface area contributed by atoms with E-state index in [0.717, 1.165) is 31.2 Å². The summed E-state index contributed by atoms with van der Waals surface area (Å²) in [5.41, 5.74) is 1.16. The molecule has 24 heavy (non-hydrogen) atoms. The number of ketones is 2. The molecule has 0 aliphatic heterocycles. The molecule has 1 aliphatic rings. The summed E-state index contributed by atoms with van der Waals surface area (Å²) >= 11 is 0. The first-order chi connectivity index (χ1) is 11.6. The topological polar surface area (TPSA) is 34.1 Å². The van der Waals surface area contributed by atoms with Crippen molar-refractivity contribution in [2.45, 2.75) is 77.6 Å². The lowest BCUT2D eigenvalue weighted by molar-refractivity contribution is -0.133. The zero-order chi connectivity index (χ0) is 17.4. The van der Waals surface area contributed by atoms with E-state index in [1.807, 2.05) is 18.2 Å². The second kappa shape index (κ2) is 9.76. The Morgan fingerprint density at radius 2 is 1.62 bits per heavy atom. The van der Waals surface area contributed by atoms with Crippen molar-refractivity contribution in [2.75, 3.05) is 0 Å². The molecule has 0 saturated heterocycles. The van der Waals surface area contributed by atoms with Crippen molar-refractivity contribution in [3.8, 4) is 0 Å². The fraction of sp³-hybridized carbons (Fsp3) is 0.636. The third-order valence-corrected chi connectivity index (χ3v) is 5.24. The Morgan fingerprint density at radius 1 is 1.00 bits per heavy atom. The summed E-state index contributed by atoms with van der Waals surface area (Å²) in [4.78, 5) is 25.1. The Kier molecular flexibility index (Phi) is 7.68. The first-order valence-corrected chi connectivity index (χ1v) is 9.73. The summed E-state index contributed by atoms with van der Waals surface area (Å²) in [5, 5.41) is 0. The summed E-state index contributed by atoms with van der Waals surface area (Å²) in [6.45, 7) is 3.81. The van der Waals surface area contributed by atoms with Gasteiger partial charge in [0.2, 0.25) is 0 Å². The van der Waals surface area contributed by atoms with E-state index in [1.54, 1.807) is 6.92 Å². The van der Waals surface area contributed by atoms with Crippen LogP contribution in [0.1, 0.15) is 83.1 Å². The van der Waals surface area contributed by atoms with Crippen LogP contribution in [0.25, 0.3) is 0 Å². The third kappa shape index (κ3) is 5.58. The summed E-state index contributed by atoms with van der Waals surface area (Å²) in [6, 6.07) is 10.2. The monoisotopic (exact) mass is 328 g/mol. The average molecular weight is 328 g/mol. The maximum absolute atomic E-state index is 12.8. The summed E-state index contributed by atoms with van der Waals surface area (Å²) < 4.78 is 0. The van der Waals surface area contributed by atoms with Gasteiger partial charge >= 0.3 is 0 Å². The summed E-state index contributed by atoms with van der Waals surface area (Å²) in [7, 11) is 0. The maximum atomic E-state index is 12.8. The maximum Gasteiger partial charge on any atom is 0.143 e. The highest BCUT2D eigenvalue weighted by Crippen LogP contribution is 2.47. The third-order valence-electron chi connectivity index (χ3n) is 5.24. The van der Waals surface area contributed by atoms with Crippen LogP contribution in [0.2, 0.25) is 0 Å². The molecule has 0 radical (unpaired) electrons. The van der Waals surface area contributed by atoms with Gasteiger partial charge < -0.3 is 0 Å². The molecule has 0 bridgehead atoms. The minimum Gasteiger partial charge on any atom is -0.299 e. The van der Waals surface area contributed by atoms with Gasteiger partial charge in [-0.1, -0.05) is 69.4 Å². The van der Waals surface area contributed by atoms with E-state index in [0.29, 0.717) is 12.3 Å². The number of benzene rings is 1. The lowest BCUT2D eigenvalue weighted by Gasteiger charge is -2.25. The van der Waals surface area contributed by atoms with Crippen LogP contribution in [0.3, 0.4) is 0 Å². The molecule has 0 heterocycles. The van der Waals surface area contributed by atoms with Crippen molar-refractivity contribution in [1.82, 2.24) is 0 Å². The highest BCUT2D eigenvalue weighted by molar-refractivity contribution is 6.02. The fourth-order valence-electron chi connectivity index (χ4n) is 3.78. The van der Waals surface area contributed by atoms with Crippen LogP contribution in [0.4, 0.5) is 0 Å². The number of rotatable bonds is 12. The number of Topliss-reactive ketones (excluding diaryl/α,β-unsaturated/α-hetero) is 2. The molecule has 0 N–H and O–H groups in total. The first kappa shape index (κ1) is 18.9. The van der Waals surface area contributed by atoms with E-state index in [4.69, 9.17) is 0 Å². The Bertz CT molecular complexity index is 516. The van der Waals surface area contributed by atoms with Gasteiger partial charge in [0.15, 0.2) is 0 Å². The molecular weight excluding hydrogens is 296 g/mol. The van der Waals surface area contributed by atoms with Crippen LogP contribution in [-0.2, 0) is 9.59 Å². The van der Waals surface area contributed by atoms with Gasteiger partial charge in [0, 0.05) is 12.3 Å². The number of hydrogen-bond donors (Lipinski definition) is 0. The fourth-order valence-corrected chi connectivity index (χ4v) is 3.78. The van der Waals surface area contributed by atoms with Crippen molar-refractivity contribution < 1.29 is 9.59 Å². The van der Waals surface area contributed by atoms with E-state index in [2.05, 4.69) is 19.1 Å². The average Bonchev–Trinajstić information content (AvgIpc) is 3.40. The second-order valence-corrected chi connectivity index (χ2v) is 7.35. The Balaban J connectivity index is 1.96. The van der Waals surface area contributed by atoms with Crippen LogP contribution < -0.4 is 0 Å². The van der Waals surface area contributed by atoms with Crippen LogP contribution in [0, 0.1) is 11.8 Å². The Morgan fingerprint density at radius 3 is 2.21 bits per heavy atom. The molecule has 0 spiro atoms. The zero-order valence-corrected chi connectivity index (χ0v) is 15.3. The predicted octanol–water partition coefficient (Wildman–Crippen LogP) is 5.71. The number of carbonyl (C=O) groups is 2. The Labute approximate surface area is 147 Å². The standard InChI is InChI=1S/C22H32O2/c1-3-4-5-6-7-11-14-20(24)21(17(2)23)22(19-15-16-19)18-12-9-8-10-13-18/h8-10,12-13,19,21-22H,3-7,11,14-16H2,1-2H3. The minimum atomic E-state index is -0.435. The molecule has 2 heteroatoms. The predicted molar refractivity (Wildman–Crippen MR) is 99.1 cm³/mol. The molecular formula is C22H32O2. The van der Waals surface area contributed by atoms with Crippen molar-refractivity contribution in [1.29, 1.82) is 0 Å². The lowest BCUT2D eigenvalue weighted by Crippen LogP contribution is -2.30. The van der Waals surface area contributed by atoms with E-state index >= 15 is 0 Å². The van der Waals surface area contributed by atoms with E-state index in [-0.39, 0.29) is 17.5 Å². The van der Waals surface area contributed by atoms with Crippen molar-refractivity contribution >= 4 is 11.6 Å². The molecule has 0 amide bonds. The van der Waals surface area contributed by atoms with Crippen LogP contribution in [-0.4, -0.2) is 11.6 Å². The number of unbranched alkanes of at least 4 members (excludes halogenated alkanes) is 5. The molecule has 2 nitrogen and oxygen atoms in total. The van der Waals surface area contributed by atoms with Gasteiger partial charge in [0.05, 0.1) is 5.92 Å². The second-order valence-electron chi connectivity index (χ2n) is 7.35. The molecule has 1 saturated carbocycles. The van der Waals surface area contributed by atoms with Gasteiger partial charge in [-0.15, -0.1) is 0 Å². The van der Waals surface area contributed by atoms with Crippen molar-refractivity contribution in [2.24, 2.45) is 11.8 Å². The van der Waals surface area contributed by atoms with E-state index in [9.17, 15) is 9.59 Å². The van der Waals surface area contributed by atoms with Crippen molar-refractivity contribution in [3.63, 3.8) is 0 Å². The summed E-state index contributed by atoms with van der Waals surface area (Å²) in [6.07, 6.45) is 9.88. The molecule has 2 unspecified atom stereocenters. The molecule has 1 aliphatic carbocycles. The van der Waals surface area contributed by atoms with Gasteiger partial charge in [-0.05, 0) is 37.7 Å². The van der Waals surface area contributed by atoms with Crippen LogP contribution in [0.5, 0.6) is 0 Å². The molecule has 1 aromatic rings. The molecule has 2 atom stereocenters. The molecule has 0 aromatic heterocycles. The summed E-state index contributed by atoms with van der Waals surface area (Å²) in [5.74, 6) is 0.382. The molecule has 1 aromatic carbocycles. The molecule has 2 rings (SSSR count). The van der Waals surface area contributed by atoms with Gasteiger partial charge in [0.25, 0.3) is 0 Å². The smallest absolute Gasteiger partial charge is 0.143 e. The van der Waals surface area contributed by atoms with Gasteiger partial charge in [-0.25, -0.2) is 0 Å². The molecule has 132 valence electrons. The lowest BCUT2D eigenvalue weighted by atomic mass is 9.77.